The summed E-state index contributed by atoms with van der Waals surface area (Å²) in [6.45, 7) is 2.69. The Labute approximate surface area is 120 Å². The van der Waals surface area contributed by atoms with E-state index in [0.29, 0.717) is 6.54 Å². The fraction of sp³-hybridized carbons (Fsp3) is 0.333. The van der Waals surface area contributed by atoms with Crippen LogP contribution in [0.25, 0.3) is 0 Å². The van der Waals surface area contributed by atoms with E-state index in [1.165, 1.54) is 5.56 Å². The fourth-order valence-corrected chi connectivity index (χ4v) is 3.08. The van der Waals surface area contributed by atoms with Gasteiger partial charge in [-0.2, -0.15) is 0 Å². The highest BCUT2D eigenvalue weighted by atomic mass is 16.3. The molecule has 1 aliphatic heterocycles. The predicted molar refractivity (Wildman–Crippen MR) is 81.3 cm³/mol. The number of β-amino-alcohol motifs (C(OH)–C–C–N with tert-alkyl or cyclic N) is 1. The number of benzene rings is 2. The molecule has 1 heterocycles. The Hall–Kier alpha value is -1.64. The van der Waals surface area contributed by atoms with Gasteiger partial charge in [-0.1, -0.05) is 60.7 Å². The molecular weight excluding hydrogens is 246 g/mol. The number of hydrogen-bond donors (Lipinski definition) is 1. The van der Waals surface area contributed by atoms with Crippen molar-refractivity contribution in [1.29, 1.82) is 0 Å². The van der Waals surface area contributed by atoms with Crippen LogP contribution in [0.3, 0.4) is 0 Å². The molecular formula is C18H21NO. The zero-order valence-corrected chi connectivity index (χ0v) is 11.7. The molecule has 2 aromatic carbocycles. The summed E-state index contributed by atoms with van der Waals surface area (Å²) in [4.78, 5) is 2.35. The van der Waals surface area contributed by atoms with E-state index in [0.717, 1.165) is 31.5 Å². The average molecular weight is 267 g/mol. The molecule has 2 nitrogen and oxygen atoms in total. The van der Waals surface area contributed by atoms with E-state index in [9.17, 15) is 5.11 Å². The molecule has 1 aliphatic rings. The number of nitrogens with zero attached hydrogens (tertiary/aromatic N) is 1. The molecule has 0 aromatic heterocycles. The van der Waals surface area contributed by atoms with E-state index >= 15 is 0 Å². The van der Waals surface area contributed by atoms with Crippen LogP contribution in [0, 0.1) is 0 Å². The Bertz CT molecular complexity index is 540. The van der Waals surface area contributed by atoms with Crippen LogP contribution in [-0.2, 0) is 12.1 Å². The fourth-order valence-electron chi connectivity index (χ4n) is 3.08. The van der Waals surface area contributed by atoms with Gasteiger partial charge in [-0.25, -0.2) is 0 Å². The van der Waals surface area contributed by atoms with Crippen LogP contribution in [0.2, 0.25) is 0 Å². The Kier molecular flexibility index (Phi) is 3.86. The van der Waals surface area contributed by atoms with Crippen molar-refractivity contribution in [3.05, 3.63) is 71.8 Å². The largest absolute Gasteiger partial charge is 0.384 e. The predicted octanol–water partition coefficient (Wildman–Crippen LogP) is 3.17. The summed E-state index contributed by atoms with van der Waals surface area (Å²) in [5.74, 6) is 0. The topological polar surface area (TPSA) is 23.5 Å². The molecule has 104 valence electrons. The molecule has 0 saturated carbocycles. The number of aliphatic hydroxyl groups is 1. The monoisotopic (exact) mass is 267 g/mol. The minimum Gasteiger partial charge on any atom is -0.384 e. The van der Waals surface area contributed by atoms with Crippen LogP contribution in [0.1, 0.15) is 24.0 Å². The van der Waals surface area contributed by atoms with E-state index in [2.05, 4.69) is 29.2 Å². The average Bonchev–Trinajstić information content (AvgIpc) is 2.49. The highest BCUT2D eigenvalue weighted by molar-refractivity contribution is 5.23. The Morgan fingerprint density at radius 3 is 2.30 bits per heavy atom. The molecule has 0 radical (unpaired) electrons. The normalized spacial score (nSPS) is 23.6. The van der Waals surface area contributed by atoms with Crippen molar-refractivity contribution >= 4 is 0 Å². The first-order valence-corrected chi connectivity index (χ1v) is 7.30. The lowest BCUT2D eigenvalue weighted by Crippen LogP contribution is -2.45. The van der Waals surface area contributed by atoms with Gasteiger partial charge in [0.25, 0.3) is 0 Å². The highest BCUT2D eigenvalue weighted by Crippen LogP contribution is 2.31. The van der Waals surface area contributed by atoms with E-state index in [1.807, 2.05) is 36.4 Å². The second-order valence-corrected chi connectivity index (χ2v) is 5.70. The van der Waals surface area contributed by atoms with Gasteiger partial charge in [-0.3, -0.25) is 4.90 Å². The van der Waals surface area contributed by atoms with Crippen LogP contribution in [0.4, 0.5) is 0 Å². The van der Waals surface area contributed by atoms with Gasteiger partial charge in [-0.15, -0.1) is 0 Å². The number of likely N-dealkylation sites (tertiary alicyclic amines) is 1. The van der Waals surface area contributed by atoms with Crippen molar-refractivity contribution in [3.63, 3.8) is 0 Å². The summed E-state index contributed by atoms with van der Waals surface area (Å²) >= 11 is 0. The zero-order valence-electron chi connectivity index (χ0n) is 11.7. The maximum atomic E-state index is 10.9. The van der Waals surface area contributed by atoms with Crippen molar-refractivity contribution in [2.45, 2.75) is 25.0 Å². The quantitative estimate of drug-likeness (QED) is 0.923. The van der Waals surface area contributed by atoms with Crippen molar-refractivity contribution in [2.24, 2.45) is 0 Å². The first-order valence-electron chi connectivity index (χ1n) is 7.30. The first-order chi connectivity index (χ1) is 9.76. The van der Waals surface area contributed by atoms with Gasteiger partial charge in [0.05, 0.1) is 0 Å². The zero-order chi connectivity index (χ0) is 13.8. The first kappa shape index (κ1) is 13.3. The second kappa shape index (κ2) is 5.78. The minimum atomic E-state index is -0.700. The Morgan fingerprint density at radius 2 is 1.60 bits per heavy atom. The maximum Gasteiger partial charge on any atom is 0.102 e. The maximum absolute atomic E-state index is 10.9. The standard InChI is InChI=1S/C18H21NO/c20-18(17-10-5-2-6-11-17)12-7-13-19(15-18)14-16-8-3-1-4-9-16/h1-6,8-11,20H,7,12-15H2. The van der Waals surface area contributed by atoms with Crippen molar-refractivity contribution < 1.29 is 5.11 Å². The molecule has 1 saturated heterocycles. The lowest BCUT2D eigenvalue weighted by molar-refractivity contribution is -0.0381. The van der Waals surface area contributed by atoms with Crippen LogP contribution in [0.5, 0.6) is 0 Å². The lowest BCUT2D eigenvalue weighted by atomic mass is 9.85. The van der Waals surface area contributed by atoms with Gasteiger partial charge >= 0.3 is 0 Å². The number of piperidine rings is 1. The van der Waals surface area contributed by atoms with Gasteiger partial charge in [0.15, 0.2) is 0 Å². The van der Waals surface area contributed by atoms with E-state index in [-0.39, 0.29) is 0 Å². The Morgan fingerprint density at radius 1 is 0.950 bits per heavy atom. The molecule has 0 aliphatic carbocycles. The third kappa shape index (κ3) is 2.92. The van der Waals surface area contributed by atoms with E-state index < -0.39 is 5.60 Å². The molecule has 20 heavy (non-hydrogen) atoms. The van der Waals surface area contributed by atoms with Crippen LogP contribution >= 0.6 is 0 Å². The summed E-state index contributed by atoms with van der Waals surface area (Å²) in [5, 5.41) is 10.9. The third-order valence-electron chi connectivity index (χ3n) is 4.11. The van der Waals surface area contributed by atoms with Gasteiger partial charge < -0.3 is 5.11 Å². The number of hydrogen-bond acceptors (Lipinski definition) is 2. The summed E-state index contributed by atoms with van der Waals surface area (Å²) in [7, 11) is 0. The van der Waals surface area contributed by atoms with E-state index in [1.54, 1.807) is 0 Å². The second-order valence-electron chi connectivity index (χ2n) is 5.70. The van der Waals surface area contributed by atoms with Crippen LogP contribution < -0.4 is 0 Å². The molecule has 1 atom stereocenters. The molecule has 3 rings (SSSR count). The van der Waals surface area contributed by atoms with Gasteiger partial charge in [0, 0.05) is 13.1 Å². The Balaban J connectivity index is 1.73. The van der Waals surface area contributed by atoms with Crippen molar-refractivity contribution in [1.82, 2.24) is 4.90 Å². The molecule has 1 N–H and O–H groups in total. The molecule has 0 bridgehead atoms. The highest BCUT2D eigenvalue weighted by Gasteiger charge is 2.34. The van der Waals surface area contributed by atoms with Gasteiger partial charge in [-0.05, 0) is 30.5 Å². The summed E-state index contributed by atoms with van der Waals surface area (Å²) in [6.07, 6.45) is 1.89. The van der Waals surface area contributed by atoms with Crippen molar-refractivity contribution in [3.8, 4) is 0 Å². The summed E-state index contributed by atoms with van der Waals surface area (Å²) < 4.78 is 0. The SMILES string of the molecule is OC1(c2ccccc2)CCCN(Cc2ccccc2)C1. The van der Waals surface area contributed by atoms with Crippen molar-refractivity contribution in [2.75, 3.05) is 13.1 Å². The molecule has 0 spiro atoms. The summed E-state index contributed by atoms with van der Waals surface area (Å²) in [6, 6.07) is 20.6. The van der Waals surface area contributed by atoms with Gasteiger partial charge in [0.1, 0.15) is 5.60 Å². The van der Waals surface area contributed by atoms with Crippen LogP contribution in [0.15, 0.2) is 60.7 Å². The molecule has 2 aromatic rings. The lowest BCUT2D eigenvalue weighted by Gasteiger charge is -2.39. The minimum absolute atomic E-state index is 0.700. The molecule has 0 amide bonds. The van der Waals surface area contributed by atoms with Crippen LogP contribution in [-0.4, -0.2) is 23.1 Å². The molecule has 2 heteroatoms. The third-order valence-corrected chi connectivity index (χ3v) is 4.11. The van der Waals surface area contributed by atoms with E-state index in [4.69, 9.17) is 0 Å². The molecule has 1 fully saturated rings. The number of rotatable bonds is 3. The smallest absolute Gasteiger partial charge is 0.102 e. The summed E-state index contributed by atoms with van der Waals surface area (Å²) in [5.41, 5.74) is 1.65. The van der Waals surface area contributed by atoms with Gasteiger partial charge in [0.2, 0.25) is 0 Å². The molecule has 1 unspecified atom stereocenters.